The minimum absolute atomic E-state index is 0.0948. The summed E-state index contributed by atoms with van der Waals surface area (Å²) in [5, 5.41) is 16.8. The highest BCUT2D eigenvalue weighted by Crippen LogP contribution is 2.13. The lowest BCUT2D eigenvalue weighted by Gasteiger charge is -2.06. The van der Waals surface area contributed by atoms with Crippen molar-refractivity contribution in [2.24, 2.45) is 5.10 Å². The Balaban J connectivity index is 1.95. The predicted octanol–water partition coefficient (Wildman–Crippen LogP) is 1.99. The standard InChI is InChI=1S/C16H14N4O4/c1-11-5-2-3-8-14(11)18-15(21)16(22)19-17-10-12-6-4-7-13(9-12)20(23)24/h2-10H,1H3,(H,18,21)(H,19,22)/b17-10+. The third kappa shape index (κ3) is 4.47. The second-order valence-corrected chi connectivity index (χ2v) is 4.82. The van der Waals surface area contributed by atoms with E-state index in [1.807, 2.05) is 6.07 Å². The number of para-hydroxylation sites is 1. The van der Waals surface area contributed by atoms with Crippen LogP contribution in [0.25, 0.3) is 0 Å². The van der Waals surface area contributed by atoms with E-state index in [4.69, 9.17) is 0 Å². The van der Waals surface area contributed by atoms with Crippen LogP contribution in [0.2, 0.25) is 0 Å². The van der Waals surface area contributed by atoms with Crippen molar-refractivity contribution in [3.63, 3.8) is 0 Å². The number of anilines is 1. The number of carbonyl (C=O) groups excluding carboxylic acids is 2. The van der Waals surface area contributed by atoms with E-state index in [0.717, 1.165) is 5.56 Å². The molecule has 0 bridgehead atoms. The molecule has 0 heterocycles. The lowest BCUT2D eigenvalue weighted by Crippen LogP contribution is -2.32. The fourth-order valence-corrected chi connectivity index (χ4v) is 1.83. The number of hydrogen-bond donors (Lipinski definition) is 2. The van der Waals surface area contributed by atoms with Crippen molar-refractivity contribution >= 4 is 29.4 Å². The highest BCUT2D eigenvalue weighted by Gasteiger charge is 2.13. The van der Waals surface area contributed by atoms with Crippen molar-refractivity contribution in [1.29, 1.82) is 0 Å². The van der Waals surface area contributed by atoms with Crippen LogP contribution < -0.4 is 10.7 Å². The fraction of sp³-hybridized carbons (Fsp3) is 0.0625. The molecule has 0 fully saturated rings. The number of hydrogen-bond acceptors (Lipinski definition) is 5. The quantitative estimate of drug-likeness (QED) is 0.387. The SMILES string of the molecule is Cc1ccccc1NC(=O)C(=O)N/N=C/c1cccc([N+](=O)[O-])c1. The zero-order valence-electron chi connectivity index (χ0n) is 12.7. The van der Waals surface area contributed by atoms with Crippen LogP contribution in [-0.4, -0.2) is 23.0 Å². The van der Waals surface area contributed by atoms with E-state index in [-0.39, 0.29) is 5.69 Å². The monoisotopic (exact) mass is 326 g/mol. The normalized spacial score (nSPS) is 10.4. The van der Waals surface area contributed by atoms with Crippen LogP contribution in [0.3, 0.4) is 0 Å². The van der Waals surface area contributed by atoms with Gasteiger partial charge in [0.05, 0.1) is 11.1 Å². The number of nitrogens with one attached hydrogen (secondary N) is 2. The Kier molecular flexibility index (Phi) is 5.35. The van der Waals surface area contributed by atoms with E-state index in [9.17, 15) is 19.7 Å². The van der Waals surface area contributed by atoms with Gasteiger partial charge < -0.3 is 5.32 Å². The first kappa shape index (κ1) is 16.8. The first-order chi connectivity index (χ1) is 11.5. The zero-order valence-corrected chi connectivity index (χ0v) is 12.7. The summed E-state index contributed by atoms with van der Waals surface area (Å²) in [5.41, 5.74) is 3.74. The van der Waals surface area contributed by atoms with Crippen molar-refractivity contribution in [2.45, 2.75) is 6.92 Å². The van der Waals surface area contributed by atoms with Gasteiger partial charge in [0, 0.05) is 23.4 Å². The number of amides is 2. The van der Waals surface area contributed by atoms with Gasteiger partial charge in [-0.15, -0.1) is 0 Å². The first-order valence-electron chi connectivity index (χ1n) is 6.92. The number of rotatable bonds is 4. The minimum Gasteiger partial charge on any atom is -0.317 e. The Morgan fingerprint density at radius 3 is 2.58 bits per heavy atom. The number of nitro benzene ring substituents is 1. The highest BCUT2D eigenvalue weighted by molar-refractivity contribution is 6.39. The number of benzene rings is 2. The molecule has 0 aliphatic carbocycles. The molecule has 8 nitrogen and oxygen atoms in total. The summed E-state index contributed by atoms with van der Waals surface area (Å²) in [6.45, 7) is 1.80. The Labute approximate surface area is 137 Å². The topological polar surface area (TPSA) is 114 Å². The molecule has 2 amide bonds. The summed E-state index contributed by atoms with van der Waals surface area (Å²) in [4.78, 5) is 33.6. The van der Waals surface area contributed by atoms with Gasteiger partial charge >= 0.3 is 11.8 Å². The molecule has 2 aromatic carbocycles. The molecule has 0 aromatic heterocycles. The number of non-ortho nitro benzene ring substituents is 1. The van der Waals surface area contributed by atoms with E-state index in [0.29, 0.717) is 11.3 Å². The Bertz CT molecular complexity index is 817. The molecule has 0 spiro atoms. The smallest absolute Gasteiger partial charge is 0.317 e. The summed E-state index contributed by atoms with van der Waals surface area (Å²) in [6, 6.07) is 12.7. The van der Waals surface area contributed by atoms with E-state index < -0.39 is 16.7 Å². The lowest BCUT2D eigenvalue weighted by atomic mass is 10.2. The van der Waals surface area contributed by atoms with Crippen molar-refractivity contribution in [3.8, 4) is 0 Å². The molecule has 0 aliphatic rings. The fourth-order valence-electron chi connectivity index (χ4n) is 1.83. The lowest BCUT2D eigenvalue weighted by molar-refractivity contribution is -0.384. The Hall–Kier alpha value is -3.55. The molecular formula is C16H14N4O4. The molecule has 2 rings (SSSR count). The largest absolute Gasteiger partial charge is 0.329 e. The summed E-state index contributed by atoms with van der Waals surface area (Å²) in [6.07, 6.45) is 1.21. The summed E-state index contributed by atoms with van der Waals surface area (Å²) >= 11 is 0. The first-order valence-corrected chi connectivity index (χ1v) is 6.92. The van der Waals surface area contributed by atoms with Gasteiger partial charge in [0.25, 0.3) is 5.69 Å². The predicted molar refractivity (Wildman–Crippen MR) is 88.6 cm³/mol. The van der Waals surface area contributed by atoms with E-state index in [1.165, 1.54) is 24.4 Å². The zero-order chi connectivity index (χ0) is 17.5. The number of hydrazone groups is 1. The maximum atomic E-state index is 11.8. The number of nitro groups is 1. The molecular weight excluding hydrogens is 312 g/mol. The van der Waals surface area contributed by atoms with Crippen LogP contribution in [0.5, 0.6) is 0 Å². The van der Waals surface area contributed by atoms with Gasteiger partial charge in [-0.1, -0.05) is 30.3 Å². The molecule has 8 heteroatoms. The van der Waals surface area contributed by atoms with Crippen LogP contribution in [0.4, 0.5) is 11.4 Å². The third-order valence-electron chi connectivity index (χ3n) is 3.06. The average molecular weight is 326 g/mol. The summed E-state index contributed by atoms with van der Waals surface area (Å²) < 4.78 is 0. The molecule has 0 saturated carbocycles. The van der Waals surface area contributed by atoms with Crippen LogP contribution >= 0.6 is 0 Å². The van der Waals surface area contributed by atoms with Crippen LogP contribution in [0.15, 0.2) is 53.6 Å². The molecule has 2 aromatic rings. The molecule has 0 radical (unpaired) electrons. The Morgan fingerprint density at radius 2 is 1.88 bits per heavy atom. The average Bonchev–Trinajstić information content (AvgIpc) is 2.57. The Morgan fingerprint density at radius 1 is 1.12 bits per heavy atom. The third-order valence-corrected chi connectivity index (χ3v) is 3.06. The van der Waals surface area contributed by atoms with Crippen molar-refractivity contribution in [2.75, 3.05) is 5.32 Å². The van der Waals surface area contributed by atoms with Crippen LogP contribution in [0, 0.1) is 17.0 Å². The molecule has 0 saturated heterocycles. The van der Waals surface area contributed by atoms with E-state index in [1.54, 1.807) is 31.2 Å². The molecule has 24 heavy (non-hydrogen) atoms. The molecule has 122 valence electrons. The van der Waals surface area contributed by atoms with Crippen LogP contribution in [-0.2, 0) is 9.59 Å². The second-order valence-electron chi connectivity index (χ2n) is 4.82. The van der Waals surface area contributed by atoms with Crippen LogP contribution in [0.1, 0.15) is 11.1 Å². The maximum Gasteiger partial charge on any atom is 0.329 e. The van der Waals surface area contributed by atoms with Crippen molar-refractivity contribution < 1.29 is 14.5 Å². The summed E-state index contributed by atoms with van der Waals surface area (Å²) in [5.74, 6) is -1.81. The van der Waals surface area contributed by atoms with Gasteiger partial charge in [0.2, 0.25) is 0 Å². The molecule has 2 N–H and O–H groups in total. The summed E-state index contributed by atoms with van der Waals surface area (Å²) in [7, 11) is 0. The van der Waals surface area contributed by atoms with Gasteiger partial charge in [-0.05, 0) is 18.6 Å². The van der Waals surface area contributed by atoms with E-state index in [2.05, 4.69) is 15.8 Å². The van der Waals surface area contributed by atoms with E-state index >= 15 is 0 Å². The molecule has 0 aliphatic heterocycles. The number of aryl methyl sites for hydroxylation is 1. The molecule has 0 unspecified atom stereocenters. The van der Waals surface area contributed by atoms with Crippen molar-refractivity contribution in [3.05, 3.63) is 69.8 Å². The highest BCUT2D eigenvalue weighted by atomic mass is 16.6. The van der Waals surface area contributed by atoms with Gasteiger partial charge in [0.1, 0.15) is 0 Å². The number of nitrogens with zero attached hydrogens (tertiary/aromatic N) is 2. The number of carbonyl (C=O) groups is 2. The maximum absolute atomic E-state index is 11.8. The van der Waals surface area contributed by atoms with Crippen molar-refractivity contribution in [1.82, 2.24) is 5.43 Å². The second kappa shape index (κ2) is 7.63. The van der Waals surface area contributed by atoms with Gasteiger partial charge in [0.15, 0.2) is 0 Å². The van der Waals surface area contributed by atoms with Gasteiger partial charge in [-0.3, -0.25) is 19.7 Å². The molecule has 0 atom stereocenters. The minimum atomic E-state index is -0.945. The van der Waals surface area contributed by atoms with Gasteiger partial charge in [-0.2, -0.15) is 5.10 Å². The van der Waals surface area contributed by atoms with Gasteiger partial charge in [-0.25, -0.2) is 5.43 Å².